The lowest BCUT2D eigenvalue weighted by molar-refractivity contribution is -0.132. The highest BCUT2D eigenvalue weighted by Crippen LogP contribution is 2.38. The van der Waals surface area contributed by atoms with Crippen LogP contribution in [0.4, 0.5) is 0 Å². The molecular formula is C19H13Br3O4. The van der Waals surface area contributed by atoms with Gasteiger partial charge in [-0.2, -0.15) is 0 Å². The van der Waals surface area contributed by atoms with Crippen LogP contribution in [0.1, 0.15) is 11.1 Å². The third-order valence-corrected chi connectivity index (χ3v) is 5.57. The normalized spacial score (nSPS) is 13.3. The van der Waals surface area contributed by atoms with Crippen LogP contribution in [0.5, 0.6) is 11.5 Å². The second kappa shape index (κ2) is 7.98. The molecule has 1 aliphatic rings. The first-order valence-electron chi connectivity index (χ1n) is 7.46. The van der Waals surface area contributed by atoms with E-state index in [4.69, 9.17) is 14.2 Å². The van der Waals surface area contributed by atoms with E-state index in [0.29, 0.717) is 21.7 Å². The number of methoxy groups -OCH3 is 2. The van der Waals surface area contributed by atoms with Gasteiger partial charge in [0.25, 0.3) is 0 Å². The van der Waals surface area contributed by atoms with Gasteiger partial charge in [-0.1, -0.05) is 12.1 Å². The molecule has 7 heteroatoms. The molecule has 134 valence electrons. The van der Waals surface area contributed by atoms with Crippen molar-refractivity contribution in [1.29, 1.82) is 0 Å². The smallest absolute Gasteiger partial charge is 0.350 e. The third kappa shape index (κ3) is 3.75. The van der Waals surface area contributed by atoms with Crippen LogP contribution in [0, 0.1) is 0 Å². The second-order valence-electron chi connectivity index (χ2n) is 5.32. The molecule has 0 atom stereocenters. The van der Waals surface area contributed by atoms with Crippen molar-refractivity contribution in [1.82, 2.24) is 0 Å². The number of hydrogen-bond acceptors (Lipinski definition) is 4. The first-order chi connectivity index (χ1) is 12.4. The van der Waals surface area contributed by atoms with Crippen LogP contribution in [0.3, 0.4) is 0 Å². The number of allylic oxidation sites excluding steroid dienone is 1. The summed E-state index contributed by atoms with van der Waals surface area (Å²) in [5.74, 6) is 1.48. The van der Waals surface area contributed by atoms with E-state index < -0.39 is 5.97 Å². The molecule has 0 fully saturated rings. The average molecular weight is 545 g/mol. The van der Waals surface area contributed by atoms with Crippen molar-refractivity contribution in [2.24, 2.45) is 0 Å². The van der Waals surface area contributed by atoms with Crippen LogP contribution in [0.15, 0.2) is 61.7 Å². The van der Waals surface area contributed by atoms with E-state index in [1.165, 1.54) is 0 Å². The maximum Gasteiger partial charge on any atom is 0.350 e. The van der Waals surface area contributed by atoms with Crippen molar-refractivity contribution >= 4 is 59.3 Å². The zero-order chi connectivity index (χ0) is 18.8. The molecule has 0 bridgehead atoms. The number of benzene rings is 2. The minimum atomic E-state index is -0.419. The largest absolute Gasteiger partial charge is 0.496 e. The number of hydrogen-bond donors (Lipinski definition) is 0. The highest BCUT2D eigenvalue weighted by Gasteiger charge is 2.24. The van der Waals surface area contributed by atoms with Gasteiger partial charge in [0, 0.05) is 11.6 Å². The van der Waals surface area contributed by atoms with Gasteiger partial charge in [-0.05, 0) is 83.2 Å². The Kier molecular flexibility index (Phi) is 5.89. The Bertz CT molecular complexity index is 892. The average Bonchev–Trinajstić information content (AvgIpc) is 2.94. The molecule has 4 nitrogen and oxygen atoms in total. The Morgan fingerprint density at radius 2 is 1.38 bits per heavy atom. The molecule has 2 aromatic rings. The van der Waals surface area contributed by atoms with E-state index in [2.05, 4.69) is 47.8 Å². The van der Waals surface area contributed by atoms with Gasteiger partial charge in [-0.15, -0.1) is 0 Å². The van der Waals surface area contributed by atoms with Gasteiger partial charge in [-0.25, -0.2) is 4.79 Å². The van der Waals surface area contributed by atoms with Crippen molar-refractivity contribution in [3.63, 3.8) is 0 Å². The fourth-order valence-electron chi connectivity index (χ4n) is 2.57. The molecule has 1 aliphatic heterocycles. The van der Waals surface area contributed by atoms with Gasteiger partial charge in [0.2, 0.25) is 0 Å². The number of cyclic esters (lactones) is 1. The molecule has 0 spiro atoms. The van der Waals surface area contributed by atoms with E-state index in [9.17, 15) is 4.79 Å². The first-order valence-corrected chi connectivity index (χ1v) is 9.84. The monoisotopic (exact) mass is 542 g/mol. The van der Waals surface area contributed by atoms with Crippen LogP contribution >= 0.6 is 47.8 Å². The lowest BCUT2D eigenvalue weighted by atomic mass is 9.96. The van der Waals surface area contributed by atoms with Gasteiger partial charge in [0.15, 0.2) is 0 Å². The molecular weight excluding hydrogens is 532 g/mol. The number of halogens is 3. The molecule has 0 aromatic heterocycles. The highest BCUT2D eigenvalue weighted by molar-refractivity contribution is 9.12. The molecule has 2 aromatic carbocycles. The van der Waals surface area contributed by atoms with Gasteiger partial charge < -0.3 is 14.2 Å². The molecule has 0 radical (unpaired) electrons. The Labute approximate surface area is 176 Å². The van der Waals surface area contributed by atoms with E-state index in [1.54, 1.807) is 20.3 Å². The third-order valence-electron chi connectivity index (χ3n) is 3.78. The van der Waals surface area contributed by atoms with E-state index >= 15 is 0 Å². The maximum absolute atomic E-state index is 11.9. The lowest BCUT2D eigenvalue weighted by Crippen LogP contribution is -1.99. The summed E-state index contributed by atoms with van der Waals surface area (Å²) in [6.45, 7) is 0. The highest BCUT2D eigenvalue weighted by atomic mass is 79.9. The molecule has 26 heavy (non-hydrogen) atoms. The Balaban J connectivity index is 2.22. The fourth-order valence-corrected chi connectivity index (χ4v) is 3.94. The predicted octanol–water partition coefficient (Wildman–Crippen LogP) is 5.82. The predicted molar refractivity (Wildman–Crippen MR) is 111 cm³/mol. The zero-order valence-corrected chi connectivity index (χ0v) is 18.6. The zero-order valence-electron chi connectivity index (χ0n) is 13.8. The lowest BCUT2D eigenvalue weighted by Gasteiger charge is -2.14. The molecule has 0 aliphatic carbocycles. The van der Waals surface area contributed by atoms with Gasteiger partial charge in [-0.3, -0.25) is 0 Å². The molecule has 0 amide bonds. The Morgan fingerprint density at radius 3 is 1.73 bits per heavy atom. The molecule has 3 rings (SSSR count). The van der Waals surface area contributed by atoms with Crippen LogP contribution in [-0.4, -0.2) is 20.2 Å². The summed E-state index contributed by atoms with van der Waals surface area (Å²) in [5.41, 5.74) is 2.52. The second-order valence-corrected chi connectivity index (χ2v) is 7.88. The first kappa shape index (κ1) is 19.2. The van der Waals surface area contributed by atoms with E-state index in [1.807, 2.05) is 36.4 Å². The summed E-state index contributed by atoms with van der Waals surface area (Å²) in [6.07, 6.45) is 1.67. The van der Waals surface area contributed by atoms with Crippen molar-refractivity contribution < 1.29 is 19.0 Å². The summed E-state index contributed by atoms with van der Waals surface area (Å²) in [6, 6.07) is 11.4. The minimum Gasteiger partial charge on any atom is -0.496 e. The topological polar surface area (TPSA) is 44.8 Å². The van der Waals surface area contributed by atoms with Gasteiger partial charge >= 0.3 is 5.97 Å². The number of esters is 1. The van der Waals surface area contributed by atoms with Crippen LogP contribution in [0.2, 0.25) is 0 Å². The summed E-state index contributed by atoms with van der Waals surface area (Å²) in [4.78, 5) is 11.9. The molecule has 0 saturated carbocycles. The number of ether oxygens (including phenoxy) is 3. The quantitative estimate of drug-likeness (QED) is 0.455. The molecule has 0 N–H and O–H groups in total. The SMILES string of the molecule is COc1ccc(C(=C2C=C(Br)C(=O)O2)c2ccc(OC)c(Br)c2)cc1Br. The van der Waals surface area contributed by atoms with Crippen LogP contribution in [-0.2, 0) is 9.53 Å². The summed E-state index contributed by atoms with van der Waals surface area (Å²) < 4.78 is 18.0. The minimum absolute atomic E-state index is 0.380. The van der Waals surface area contributed by atoms with Gasteiger partial charge in [0.1, 0.15) is 21.7 Å². The van der Waals surface area contributed by atoms with Crippen molar-refractivity contribution in [2.75, 3.05) is 14.2 Å². The van der Waals surface area contributed by atoms with Crippen LogP contribution < -0.4 is 9.47 Å². The van der Waals surface area contributed by atoms with Crippen LogP contribution in [0.25, 0.3) is 5.57 Å². The standard InChI is InChI=1S/C19H13Br3O4/c1-24-15-5-3-10(7-12(15)20)18(17-9-14(22)19(23)26-17)11-4-6-16(25-2)13(21)8-11/h3-9H,1-2H3. The fraction of sp³-hybridized carbons (Fsp3) is 0.105. The summed E-state index contributed by atoms with van der Waals surface area (Å²) in [7, 11) is 3.22. The molecule has 1 heterocycles. The summed E-state index contributed by atoms with van der Waals surface area (Å²) >= 11 is 10.2. The van der Waals surface area contributed by atoms with Crippen molar-refractivity contribution in [2.45, 2.75) is 0 Å². The number of carbonyl (C=O) groups excluding carboxylic acids is 1. The summed E-state index contributed by atoms with van der Waals surface area (Å²) in [5, 5.41) is 0. The Morgan fingerprint density at radius 1 is 0.885 bits per heavy atom. The molecule has 0 saturated heterocycles. The number of rotatable bonds is 4. The van der Waals surface area contributed by atoms with Gasteiger partial charge in [0.05, 0.1) is 23.2 Å². The number of carbonyl (C=O) groups is 1. The van der Waals surface area contributed by atoms with Crippen molar-refractivity contribution in [3.05, 3.63) is 72.8 Å². The Hall–Kier alpha value is -1.57. The molecule has 0 unspecified atom stereocenters. The maximum atomic E-state index is 11.9. The van der Waals surface area contributed by atoms with Crippen molar-refractivity contribution in [3.8, 4) is 11.5 Å². The van der Waals surface area contributed by atoms with E-state index in [0.717, 1.165) is 25.6 Å². The van der Waals surface area contributed by atoms with E-state index in [-0.39, 0.29) is 0 Å².